The fourth-order valence-electron chi connectivity index (χ4n) is 2.54. The van der Waals surface area contributed by atoms with Gasteiger partial charge in [-0.3, -0.25) is 9.69 Å². The highest BCUT2D eigenvalue weighted by Gasteiger charge is 2.28. The Morgan fingerprint density at radius 2 is 1.90 bits per heavy atom. The third kappa shape index (κ3) is 4.31. The van der Waals surface area contributed by atoms with E-state index >= 15 is 0 Å². The summed E-state index contributed by atoms with van der Waals surface area (Å²) in [5.41, 5.74) is 0.553. The summed E-state index contributed by atoms with van der Waals surface area (Å²) in [5.74, 6) is -0.182. The van der Waals surface area contributed by atoms with Gasteiger partial charge < -0.3 is 5.32 Å². The average Bonchev–Trinajstić information content (AvgIpc) is 2.38. The lowest BCUT2D eigenvalue weighted by Crippen LogP contribution is -2.50. The summed E-state index contributed by atoms with van der Waals surface area (Å²) >= 11 is 11.7. The van der Waals surface area contributed by atoms with Crippen LogP contribution >= 0.6 is 23.2 Å². The first-order chi connectivity index (χ1) is 9.77. The number of aromatic nitrogens is 1. The summed E-state index contributed by atoms with van der Waals surface area (Å²) in [7, 11) is 0. The maximum Gasteiger partial charge on any atom is 0.254 e. The Morgan fingerprint density at radius 1 is 1.29 bits per heavy atom. The van der Waals surface area contributed by atoms with Gasteiger partial charge >= 0.3 is 0 Å². The molecule has 1 amide bonds. The number of halogens is 2. The molecule has 0 bridgehead atoms. The fraction of sp³-hybridized carbons (Fsp3) is 0.600. The van der Waals surface area contributed by atoms with Crippen LogP contribution in [0.15, 0.2) is 12.1 Å². The highest BCUT2D eigenvalue weighted by Crippen LogP contribution is 2.21. The van der Waals surface area contributed by atoms with Crippen LogP contribution in [-0.4, -0.2) is 40.5 Å². The van der Waals surface area contributed by atoms with E-state index in [4.69, 9.17) is 23.2 Å². The third-order valence-corrected chi connectivity index (χ3v) is 4.34. The van der Waals surface area contributed by atoms with Crippen LogP contribution in [0.4, 0.5) is 0 Å². The van der Waals surface area contributed by atoms with Gasteiger partial charge in [0.25, 0.3) is 5.91 Å². The molecule has 0 unspecified atom stereocenters. The lowest BCUT2D eigenvalue weighted by atomic mass is 9.98. The average molecular weight is 330 g/mol. The van der Waals surface area contributed by atoms with Crippen molar-refractivity contribution >= 4 is 29.1 Å². The van der Waals surface area contributed by atoms with E-state index in [0.717, 1.165) is 25.9 Å². The molecule has 1 aromatic rings. The second-order valence-electron chi connectivity index (χ2n) is 6.38. The normalized spacial score (nSPS) is 17.8. The predicted molar refractivity (Wildman–Crippen MR) is 86.1 cm³/mol. The Labute approximate surface area is 135 Å². The van der Waals surface area contributed by atoms with E-state index in [1.807, 2.05) is 0 Å². The molecule has 2 rings (SSSR count). The lowest BCUT2D eigenvalue weighted by Gasteiger charge is -2.41. The minimum Gasteiger partial charge on any atom is -0.349 e. The van der Waals surface area contributed by atoms with Crippen molar-refractivity contribution in [3.05, 3.63) is 28.0 Å². The quantitative estimate of drug-likeness (QED) is 0.846. The largest absolute Gasteiger partial charge is 0.349 e. The first-order valence-electron chi connectivity index (χ1n) is 7.15. The zero-order valence-electron chi connectivity index (χ0n) is 12.6. The van der Waals surface area contributed by atoms with E-state index in [1.54, 1.807) is 12.1 Å². The molecule has 116 valence electrons. The number of carbonyl (C=O) groups is 1. The van der Waals surface area contributed by atoms with E-state index in [0.29, 0.717) is 5.56 Å². The van der Waals surface area contributed by atoms with Gasteiger partial charge in [-0.15, -0.1) is 0 Å². The summed E-state index contributed by atoms with van der Waals surface area (Å²) in [4.78, 5) is 18.6. The molecule has 0 spiro atoms. The minimum atomic E-state index is -0.182. The summed E-state index contributed by atoms with van der Waals surface area (Å²) < 4.78 is 0. The molecule has 0 aromatic carbocycles. The number of pyridine rings is 1. The standard InChI is InChI=1S/C15H21Cl2N3O/c1-15(2,3)20-8-6-10(7-9-20)18-14(21)11-4-5-12(16)19-13(11)17/h4-5,10H,6-9H2,1-3H3,(H,18,21). The molecule has 0 aliphatic carbocycles. The van der Waals surface area contributed by atoms with Crippen LogP contribution in [0.25, 0.3) is 0 Å². The first kappa shape index (κ1) is 16.5. The van der Waals surface area contributed by atoms with Gasteiger partial charge in [-0.1, -0.05) is 23.2 Å². The number of nitrogens with one attached hydrogen (secondary N) is 1. The topological polar surface area (TPSA) is 45.2 Å². The number of nitrogens with zero attached hydrogens (tertiary/aromatic N) is 2. The molecule has 1 aliphatic heterocycles. The second-order valence-corrected chi connectivity index (χ2v) is 7.12. The summed E-state index contributed by atoms with van der Waals surface area (Å²) in [6.45, 7) is 8.61. The number of piperidine rings is 1. The van der Waals surface area contributed by atoms with Crippen molar-refractivity contribution in [3.8, 4) is 0 Å². The number of likely N-dealkylation sites (tertiary alicyclic amines) is 1. The van der Waals surface area contributed by atoms with Gasteiger partial charge in [0.05, 0.1) is 5.56 Å². The smallest absolute Gasteiger partial charge is 0.254 e. The number of hydrogen-bond donors (Lipinski definition) is 1. The molecule has 0 radical (unpaired) electrons. The SMILES string of the molecule is CC(C)(C)N1CCC(NC(=O)c2ccc(Cl)nc2Cl)CC1. The van der Waals surface area contributed by atoms with Crippen molar-refractivity contribution in [3.63, 3.8) is 0 Å². The highest BCUT2D eigenvalue weighted by molar-refractivity contribution is 6.34. The second kappa shape index (κ2) is 6.51. The monoisotopic (exact) mass is 329 g/mol. The van der Waals surface area contributed by atoms with Crippen LogP contribution in [0.2, 0.25) is 10.3 Å². The van der Waals surface area contributed by atoms with Crippen LogP contribution in [0, 0.1) is 0 Å². The molecular formula is C15H21Cl2N3O. The van der Waals surface area contributed by atoms with Gasteiger partial charge in [0.2, 0.25) is 0 Å². The van der Waals surface area contributed by atoms with E-state index in [-0.39, 0.29) is 27.8 Å². The van der Waals surface area contributed by atoms with Crippen molar-refractivity contribution in [2.24, 2.45) is 0 Å². The van der Waals surface area contributed by atoms with E-state index in [9.17, 15) is 4.79 Å². The fourth-order valence-corrected chi connectivity index (χ4v) is 2.97. The van der Waals surface area contributed by atoms with Crippen LogP contribution in [0.1, 0.15) is 44.0 Å². The van der Waals surface area contributed by atoms with E-state index < -0.39 is 0 Å². The van der Waals surface area contributed by atoms with Crippen molar-refractivity contribution in [2.75, 3.05) is 13.1 Å². The molecule has 1 fully saturated rings. The zero-order valence-corrected chi connectivity index (χ0v) is 14.1. The van der Waals surface area contributed by atoms with E-state index in [1.165, 1.54) is 0 Å². The number of amides is 1. The van der Waals surface area contributed by atoms with Crippen molar-refractivity contribution < 1.29 is 4.79 Å². The van der Waals surface area contributed by atoms with Gasteiger partial charge in [-0.25, -0.2) is 4.98 Å². The van der Waals surface area contributed by atoms with Crippen molar-refractivity contribution in [1.29, 1.82) is 0 Å². The first-order valence-corrected chi connectivity index (χ1v) is 7.91. The Morgan fingerprint density at radius 3 is 2.43 bits per heavy atom. The Hall–Kier alpha value is -0.840. The van der Waals surface area contributed by atoms with Crippen LogP contribution in [0.3, 0.4) is 0 Å². The molecule has 1 saturated heterocycles. The maximum atomic E-state index is 12.2. The Bertz CT molecular complexity index is 520. The van der Waals surface area contributed by atoms with Gasteiger partial charge in [-0.2, -0.15) is 0 Å². The molecule has 4 nitrogen and oxygen atoms in total. The molecule has 0 atom stereocenters. The number of hydrogen-bond acceptors (Lipinski definition) is 3. The highest BCUT2D eigenvalue weighted by atomic mass is 35.5. The predicted octanol–water partition coefficient (Wildman–Crippen LogP) is 3.38. The Balaban J connectivity index is 1.93. The number of rotatable bonds is 2. The molecule has 0 saturated carbocycles. The minimum absolute atomic E-state index is 0.145. The van der Waals surface area contributed by atoms with Gasteiger partial charge in [0, 0.05) is 24.7 Å². The van der Waals surface area contributed by atoms with Gasteiger partial charge in [-0.05, 0) is 45.7 Å². The summed E-state index contributed by atoms with van der Waals surface area (Å²) in [6.07, 6.45) is 1.89. The maximum absolute atomic E-state index is 12.2. The Kier molecular flexibility index (Phi) is 5.12. The molecule has 1 aromatic heterocycles. The third-order valence-electron chi connectivity index (χ3n) is 3.84. The molecule has 1 N–H and O–H groups in total. The molecule has 21 heavy (non-hydrogen) atoms. The van der Waals surface area contributed by atoms with E-state index in [2.05, 4.69) is 36.0 Å². The molecule has 6 heteroatoms. The van der Waals surface area contributed by atoms with Crippen LogP contribution in [-0.2, 0) is 0 Å². The summed E-state index contributed by atoms with van der Waals surface area (Å²) in [6, 6.07) is 3.37. The molecular weight excluding hydrogens is 309 g/mol. The summed E-state index contributed by atoms with van der Waals surface area (Å²) in [5, 5.41) is 3.47. The van der Waals surface area contributed by atoms with Gasteiger partial charge in [0.1, 0.15) is 10.3 Å². The zero-order chi connectivity index (χ0) is 15.6. The van der Waals surface area contributed by atoms with Crippen molar-refractivity contribution in [2.45, 2.75) is 45.2 Å². The van der Waals surface area contributed by atoms with Crippen LogP contribution < -0.4 is 5.32 Å². The van der Waals surface area contributed by atoms with Crippen molar-refractivity contribution in [1.82, 2.24) is 15.2 Å². The molecule has 1 aliphatic rings. The van der Waals surface area contributed by atoms with Gasteiger partial charge in [0.15, 0.2) is 0 Å². The molecule has 2 heterocycles. The lowest BCUT2D eigenvalue weighted by molar-refractivity contribution is 0.0812. The van der Waals surface area contributed by atoms with Crippen LogP contribution in [0.5, 0.6) is 0 Å². The number of carbonyl (C=O) groups excluding carboxylic acids is 1.